The molecule has 3 aromatic rings. The Hall–Kier alpha value is -1.78. The predicted octanol–water partition coefficient (Wildman–Crippen LogP) is 4.60. The highest BCUT2D eigenvalue weighted by atomic mass is 79.9. The number of nitrogens with two attached hydrogens (primary N) is 1. The van der Waals surface area contributed by atoms with Crippen molar-refractivity contribution >= 4 is 33.2 Å². The predicted molar refractivity (Wildman–Crippen MR) is 90.3 cm³/mol. The second-order valence-electron chi connectivity index (χ2n) is 4.70. The number of halogens is 2. The van der Waals surface area contributed by atoms with E-state index in [2.05, 4.69) is 27.1 Å². The lowest BCUT2D eigenvalue weighted by atomic mass is 10.1. The largest absolute Gasteiger partial charge is 0.396 e. The maximum atomic E-state index is 6.21. The fourth-order valence-electron chi connectivity index (χ4n) is 2.18. The summed E-state index contributed by atoms with van der Waals surface area (Å²) in [7, 11) is 0. The fourth-order valence-corrected chi connectivity index (χ4v) is 2.82. The van der Waals surface area contributed by atoms with Gasteiger partial charge in [-0.05, 0) is 17.7 Å². The van der Waals surface area contributed by atoms with Gasteiger partial charge in [-0.2, -0.15) is 5.10 Å². The van der Waals surface area contributed by atoms with Gasteiger partial charge in [0.25, 0.3) is 0 Å². The minimum absolute atomic E-state index is 0.621. The Bertz CT molecular complexity index is 783. The van der Waals surface area contributed by atoms with E-state index < -0.39 is 0 Å². The van der Waals surface area contributed by atoms with Crippen LogP contribution in [0.2, 0.25) is 5.02 Å². The van der Waals surface area contributed by atoms with Crippen LogP contribution >= 0.6 is 27.5 Å². The average molecular weight is 363 g/mol. The third-order valence-electron chi connectivity index (χ3n) is 3.21. The van der Waals surface area contributed by atoms with Gasteiger partial charge >= 0.3 is 0 Å². The summed E-state index contributed by atoms with van der Waals surface area (Å²) in [4.78, 5) is 0. The number of rotatable bonds is 3. The first-order chi connectivity index (χ1) is 10.1. The minimum Gasteiger partial charge on any atom is -0.396 e. The van der Waals surface area contributed by atoms with Gasteiger partial charge in [0.2, 0.25) is 0 Å². The van der Waals surface area contributed by atoms with E-state index in [1.54, 1.807) is 0 Å². The van der Waals surface area contributed by atoms with Gasteiger partial charge in [0.1, 0.15) is 5.69 Å². The number of nitrogens with zero attached hydrogens (tertiary/aromatic N) is 2. The van der Waals surface area contributed by atoms with Crippen molar-refractivity contribution in [2.24, 2.45) is 0 Å². The van der Waals surface area contributed by atoms with Crippen LogP contribution in [0.4, 0.5) is 5.69 Å². The molecule has 0 aliphatic carbocycles. The van der Waals surface area contributed by atoms with E-state index in [1.807, 2.05) is 53.3 Å². The van der Waals surface area contributed by atoms with Crippen LogP contribution in [0.5, 0.6) is 0 Å². The molecule has 106 valence electrons. The molecule has 0 bridgehead atoms. The summed E-state index contributed by atoms with van der Waals surface area (Å²) in [6.45, 7) is 0.649. The van der Waals surface area contributed by atoms with Gasteiger partial charge < -0.3 is 5.73 Å². The van der Waals surface area contributed by atoms with E-state index in [0.717, 1.165) is 15.6 Å². The van der Waals surface area contributed by atoms with E-state index in [9.17, 15) is 0 Å². The lowest BCUT2D eigenvalue weighted by Crippen LogP contribution is -2.01. The lowest BCUT2D eigenvalue weighted by Gasteiger charge is -2.04. The first-order valence-corrected chi connectivity index (χ1v) is 7.63. The quantitative estimate of drug-likeness (QED) is 0.740. The molecule has 0 radical (unpaired) electrons. The topological polar surface area (TPSA) is 43.8 Å². The summed E-state index contributed by atoms with van der Waals surface area (Å²) >= 11 is 9.76. The van der Waals surface area contributed by atoms with Crippen molar-refractivity contribution in [3.63, 3.8) is 0 Å². The SMILES string of the molecule is Nc1cn(Cc2ccccc2Br)nc1-c1ccccc1Cl. The van der Waals surface area contributed by atoms with Gasteiger partial charge in [-0.3, -0.25) is 4.68 Å². The fraction of sp³-hybridized carbons (Fsp3) is 0.0625. The van der Waals surface area contributed by atoms with Crippen molar-refractivity contribution in [3.8, 4) is 11.3 Å². The molecular weight excluding hydrogens is 350 g/mol. The maximum Gasteiger partial charge on any atom is 0.117 e. The molecule has 0 atom stereocenters. The van der Waals surface area contributed by atoms with Crippen molar-refractivity contribution < 1.29 is 0 Å². The summed E-state index contributed by atoms with van der Waals surface area (Å²) in [5, 5.41) is 5.21. The zero-order chi connectivity index (χ0) is 14.8. The number of anilines is 1. The van der Waals surface area contributed by atoms with Crippen LogP contribution in [0.3, 0.4) is 0 Å². The minimum atomic E-state index is 0.621. The smallest absolute Gasteiger partial charge is 0.117 e. The van der Waals surface area contributed by atoms with Crippen LogP contribution in [0.15, 0.2) is 59.2 Å². The molecule has 0 saturated carbocycles. The number of hydrogen-bond donors (Lipinski definition) is 1. The Morgan fingerprint density at radius 1 is 1.10 bits per heavy atom. The molecule has 2 aromatic carbocycles. The van der Waals surface area contributed by atoms with Gasteiger partial charge in [0.05, 0.1) is 17.3 Å². The van der Waals surface area contributed by atoms with E-state index >= 15 is 0 Å². The molecule has 5 heteroatoms. The van der Waals surface area contributed by atoms with Crippen LogP contribution in [-0.2, 0) is 6.54 Å². The van der Waals surface area contributed by atoms with Gasteiger partial charge in [0.15, 0.2) is 0 Å². The van der Waals surface area contributed by atoms with E-state index in [1.165, 1.54) is 0 Å². The summed E-state index contributed by atoms with van der Waals surface area (Å²) in [6.07, 6.45) is 1.83. The van der Waals surface area contributed by atoms with Crippen molar-refractivity contribution in [2.75, 3.05) is 5.73 Å². The first-order valence-electron chi connectivity index (χ1n) is 6.46. The van der Waals surface area contributed by atoms with Gasteiger partial charge in [0, 0.05) is 16.2 Å². The summed E-state index contributed by atoms with van der Waals surface area (Å²) < 4.78 is 2.88. The molecule has 0 saturated heterocycles. The highest BCUT2D eigenvalue weighted by molar-refractivity contribution is 9.10. The molecule has 0 spiro atoms. The Morgan fingerprint density at radius 3 is 2.57 bits per heavy atom. The van der Waals surface area contributed by atoms with Crippen molar-refractivity contribution in [3.05, 3.63) is 69.8 Å². The van der Waals surface area contributed by atoms with Gasteiger partial charge in [-0.1, -0.05) is 63.9 Å². The lowest BCUT2D eigenvalue weighted by molar-refractivity contribution is 0.687. The Morgan fingerprint density at radius 2 is 1.81 bits per heavy atom. The monoisotopic (exact) mass is 361 g/mol. The van der Waals surface area contributed by atoms with Crippen LogP contribution in [0, 0.1) is 0 Å². The maximum absolute atomic E-state index is 6.21. The number of aromatic nitrogens is 2. The summed E-state index contributed by atoms with van der Waals surface area (Å²) in [5.74, 6) is 0. The standard InChI is InChI=1S/C16H13BrClN3/c17-13-7-3-1-5-11(13)9-21-10-15(19)16(20-21)12-6-2-4-8-14(12)18/h1-8,10H,9,19H2. The molecule has 3 nitrogen and oxygen atoms in total. The first kappa shape index (κ1) is 14.2. The molecular formula is C16H13BrClN3. The zero-order valence-electron chi connectivity index (χ0n) is 11.1. The Labute approximate surface area is 136 Å². The average Bonchev–Trinajstić information content (AvgIpc) is 2.83. The third-order valence-corrected chi connectivity index (χ3v) is 4.31. The number of hydrogen-bond acceptors (Lipinski definition) is 2. The van der Waals surface area contributed by atoms with E-state index in [-0.39, 0.29) is 0 Å². The molecule has 3 rings (SSSR count). The van der Waals surface area contributed by atoms with Crippen LogP contribution in [0.1, 0.15) is 5.56 Å². The number of benzene rings is 2. The molecule has 0 fully saturated rings. The van der Waals surface area contributed by atoms with Crippen LogP contribution < -0.4 is 5.73 Å². The molecule has 21 heavy (non-hydrogen) atoms. The number of nitrogen functional groups attached to an aromatic ring is 1. The molecule has 0 aliphatic rings. The highest BCUT2D eigenvalue weighted by Gasteiger charge is 2.12. The zero-order valence-corrected chi connectivity index (χ0v) is 13.5. The van der Waals surface area contributed by atoms with Crippen molar-refractivity contribution in [2.45, 2.75) is 6.54 Å². The molecule has 1 aromatic heterocycles. The van der Waals surface area contributed by atoms with Crippen molar-refractivity contribution in [1.82, 2.24) is 9.78 Å². The van der Waals surface area contributed by atoms with Crippen LogP contribution in [0.25, 0.3) is 11.3 Å². The van der Waals surface area contributed by atoms with Crippen molar-refractivity contribution in [1.29, 1.82) is 0 Å². The normalized spacial score (nSPS) is 10.8. The van der Waals surface area contributed by atoms with E-state index in [0.29, 0.717) is 22.9 Å². The highest BCUT2D eigenvalue weighted by Crippen LogP contribution is 2.30. The Kier molecular flexibility index (Phi) is 3.99. The summed E-state index contributed by atoms with van der Waals surface area (Å²) in [6, 6.07) is 15.6. The molecule has 0 unspecified atom stereocenters. The third kappa shape index (κ3) is 2.96. The van der Waals surface area contributed by atoms with Gasteiger partial charge in [-0.15, -0.1) is 0 Å². The molecule has 0 amide bonds. The van der Waals surface area contributed by atoms with Crippen LogP contribution in [-0.4, -0.2) is 9.78 Å². The molecule has 2 N–H and O–H groups in total. The molecule has 1 heterocycles. The van der Waals surface area contributed by atoms with Gasteiger partial charge in [-0.25, -0.2) is 0 Å². The van der Waals surface area contributed by atoms with E-state index in [4.69, 9.17) is 17.3 Å². The Balaban J connectivity index is 1.96. The molecule has 0 aliphatic heterocycles. The summed E-state index contributed by atoms with van der Waals surface area (Å²) in [5.41, 5.74) is 9.41. The second-order valence-corrected chi connectivity index (χ2v) is 5.96. The second kappa shape index (κ2) is 5.92.